The Kier molecular flexibility index (Phi) is 3.25. The maximum absolute atomic E-state index is 12.0. The Morgan fingerprint density at radius 2 is 2.11 bits per heavy atom. The second-order valence-corrected chi connectivity index (χ2v) is 7.43. The Bertz CT molecular complexity index is 677. The zero-order chi connectivity index (χ0) is 14.3. The Labute approximate surface area is 111 Å². The van der Waals surface area contributed by atoms with E-state index in [2.05, 4.69) is 10.3 Å². The highest BCUT2D eigenvalue weighted by Crippen LogP contribution is 2.23. The highest BCUT2D eigenvalue weighted by molar-refractivity contribution is 7.91. The van der Waals surface area contributed by atoms with E-state index in [1.807, 2.05) is 0 Å². The maximum atomic E-state index is 12.0. The van der Waals surface area contributed by atoms with Crippen LogP contribution < -0.4 is 10.9 Å². The summed E-state index contributed by atoms with van der Waals surface area (Å²) in [7, 11) is -3.10. The third-order valence-corrected chi connectivity index (χ3v) is 5.12. The van der Waals surface area contributed by atoms with Gasteiger partial charge in [0.05, 0.1) is 17.0 Å². The van der Waals surface area contributed by atoms with Crippen molar-refractivity contribution < 1.29 is 13.2 Å². The van der Waals surface area contributed by atoms with Crippen LogP contribution in [0.5, 0.6) is 0 Å². The van der Waals surface area contributed by atoms with Crippen LogP contribution in [-0.4, -0.2) is 36.4 Å². The molecule has 19 heavy (non-hydrogen) atoms. The lowest BCUT2D eigenvalue weighted by atomic mass is 10.0. The van der Waals surface area contributed by atoms with Gasteiger partial charge in [-0.3, -0.25) is 9.59 Å². The van der Waals surface area contributed by atoms with Crippen LogP contribution in [0.25, 0.3) is 0 Å². The molecule has 1 amide bonds. The van der Waals surface area contributed by atoms with Gasteiger partial charge in [-0.2, -0.15) is 0 Å². The average Bonchev–Trinajstić information content (AvgIpc) is 2.52. The van der Waals surface area contributed by atoms with Crippen molar-refractivity contribution in [3.05, 3.63) is 33.7 Å². The molecule has 1 aromatic heterocycles. The summed E-state index contributed by atoms with van der Waals surface area (Å²) in [5, 5.41) is 2.65. The smallest absolute Gasteiger partial charge is 0.260 e. The molecule has 1 atom stereocenters. The number of hydrogen-bond acceptors (Lipinski definition) is 4. The molecule has 0 radical (unpaired) electrons. The quantitative estimate of drug-likeness (QED) is 0.798. The van der Waals surface area contributed by atoms with Crippen molar-refractivity contribution in [2.45, 2.75) is 25.8 Å². The Morgan fingerprint density at radius 3 is 2.63 bits per heavy atom. The van der Waals surface area contributed by atoms with E-state index in [0.717, 1.165) is 0 Å². The number of H-pyrrole nitrogens is 1. The number of aromatic amines is 1. The largest absolute Gasteiger partial charge is 0.346 e. The molecule has 1 fully saturated rings. The number of sulfone groups is 1. The predicted molar refractivity (Wildman–Crippen MR) is 70.9 cm³/mol. The lowest BCUT2D eigenvalue weighted by Crippen LogP contribution is -2.48. The van der Waals surface area contributed by atoms with Crippen LogP contribution in [0.15, 0.2) is 16.9 Å². The van der Waals surface area contributed by atoms with Gasteiger partial charge in [-0.25, -0.2) is 8.42 Å². The number of carbonyl (C=O) groups is 1. The molecule has 0 saturated carbocycles. The third kappa shape index (κ3) is 3.04. The van der Waals surface area contributed by atoms with E-state index >= 15 is 0 Å². The molecular formula is C12H16N2O4S. The van der Waals surface area contributed by atoms with Crippen molar-refractivity contribution in [2.75, 3.05) is 11.5 Å². The summed E-state index contributed by atoms with van der Waals surface area (Å²) in [6, 6.07) is 3.07. The van der Waals surface area contributed by atoms with Crippen molar-refractivity contribution in [1.82, 2.24) is 10.3 Å². The standard InChI is InChI=1S/C12H16N2O4S/c1-8-3-4-9(10(15)13-8)11(16)14-12(2)5-6-19(17,18)7-12/h3-4H,5-7H2,1-2H3,(H,13,15)(H,14,16)/t12-/m1/s1. The average molecular weight is 284 g/mol. The number of nitrogens with one attached hydrogen (secondary N) is 2. The van der Waals surface area contributed by atoms with Crippen LogP contribution >= 0.6 is 0 Å². The Balaban J connectivity index is 2.20. The fraction of sp³-hybridized carbons (Fsp3) is 0.500. The van der Waals surface area contributed by atoms with Crippen LogP contribution in [0, 0.1) is 6.92 Å². The first kappa shape index (κ1) is 13.8. The van der Waals surface area contributed by atoms with Gasteiger partial charge in [0.15, 0.2) is 9.84 Å². The Hall–Kier alpha value is -1.63. The van der Waals surface area contributed by atoms with E-state index in [-0.39, 0.29) is 17.1 Å². The minimum absolute atomic E-state index is 0.00359. The fourth-order valence-corrected chi connectivity index (χ4v) is 4.29. The van der Waals surface area contributed by atoms with Gasteiger partial charge in [0, 0.05) is 5.69 Å². The van der Waals surface area contributed by atoms with Gasteiger partial charge in [-0.15, -0.1) is 0 Å². The van der Waals surface area contributed by atoms with E-state index < -0.39 is 26.8 Å². The van der Waals surface area contributed by atoms with Gasteiger partial charge in [0.25, 0.3) is 11.5 Å². The molecule has 1 saturated heterocycles. The molecule has 1 aliphatic rings. The lowest BCUT2D eigenvalue weighted by molar-refractivity contribution is 0.0914. The molecule has 2 rings (SSSR count). The van der Waals surface area contributed by atoms with Crippen LogP contribution in [0.2, 0.25) is 0 Å². The molecule has 7 heteroatoms. The second-order valence-electron chi connectivity index (χ2n) is 5.24. The summed E-state index contributed by atoms with van der Waals surface area (Å²) in [5.41, 5.74) is -0.609. The lowest BCUT2D eigenvalue weighted by Gasteiger charge is -2.23. The van der Waals surface area contributed by atoms with Crippen molar-refractivity contribution in [3.8, 4) is 0 Å². The first-order valence-electron chi connectivity index (χ1n) is 5.94. The highest BCUT2D eigenvalue weighted by Gasteiger charge is 2.39. The fourth-order valence-electron chi connectivity index (χ4n) is 2.20. The summed E-state index contributed by atoms with van der Waals surface area (Å²) < 4.78 is 22.9. The molecule has 1 aromatic rings. The molecule has 1 aliphatic heterocycles. The van der Waals surface area contributed by atoms with Crippen LogP contribution in [0.3, 0.4) is 0 Å². The van der Waals surface area contributed by atoms with Crippen molar-refractivity contribution in [2.24, 2.45) is 0 Å². The summed E-state index contributed by atoms with van der Waals surface area (Å²) >= 11 is 0. The molecule has 0 bridgehead atoms. The number of aryl methyl sites for hydroxylation is 1. The summed E-state index contributed by atoms with van der Waals surface area (Å²) in [6.07, 6.45) is 0.366. The van der Waals surface area contributed by atoms with E-state index in [0.29, 0.717) is 12.1 Å². The zero-order valence-corrected chi connectivity index (χ0v) is 11.6. The van der Waals surface area contributed by atoms with E-state index in [1.54, 1.807) is 19.9 Å². The topological polar surface area (TPSA) is 96.1 Å². The number of carbonyl (C=O) groups excluding carboxylic acids is 1. The molecule has 2 heterocycles. The number of hydrogen-bond donors (Lipinski definition) is 2. The van der Waals surface area contributed by atoms with Crippen molar-refractivity contribution in [3.63, 3.8) is 0 Å². The molecular weight excluding hydrogens is 268 g/mol. The van der Waals surface area contributed by atoms with E-state index in [1.165, 1.54) is 6.07 Å². The summed E-state index contributed by atoms with van der Waals surface area (Å²) in [4.78, 5) is 26.2. The van der Waals surface area contributed by atoms with Crippen LogP contribution in [-0.2, 0) is 9.84 Å². The number of amides is 1. The number of aromatic nitrogens is 1. The first-order chi connectivity index (χ1) is 8.71. The number of rotatable bonds is 2. The van der Waals surface area contributed by atoms with Crippen LogP contribution in [0.4, 0.5) is 0 Å². The molecule has 0 spiro atoms. The van der Waals surface area contributed by atoms with Crippen molar-refractivity contribution >= 4 is 15.7 Å². The van der Waals surface area contributed by atoms with E-state index in [4.69, 9.17) is 0 Å². The van der Waals surface area contributed by atoms with Gasteiger partial charge >= 0.3 is 0 Å². The van der Waals surface area contributed by atoms with Gasteiger partial charge in [0.2, 0.25) is 0 Å². The monoisotopic (exact) mass is 284 g/mol. The number of pyridine rings is 1. The van der Waals surface area contributed by atoms with Gasteiger partial charge < -0.3 is 10.3 Å². The third-order valence-electron chi connectivity index (χ3n) is 3.22. The second kappa shape index (κ2) is 4.48. The minimum atomic E-state index is -3.10. The normalized spacial score (nSPS) is 25.2. The minimum Gasteiger partial charge on any atom is -0.346 e. The zero-order valence-electron chi connectivity index (χ0n) is 10.8. The van der Waals surface area contributed by atoms with Gasteiger partial charge in [-0.1, -0.05) is 0 Å². The van der Waals surface area contributed by atoms with Crippen LogP contribution in [0.1, 0.15) is 29.4 Å². The van der Waals surface area contributed by atoms with Crippen molar-refractivity contribution in [1.29, 1.82) is 0 Å². The predicted octanol–water partition coefficient (Wildman–Crippen LogP) is -0.00968. The molecule has 0 unspecified atom stereocenters. The Morgan fingerprint density at radius 1 is 1.42 bits per heavy atom. The molecule has 6 nitrogen and oxygen atoms in total. The summed E-state index contributed by atoms with van der Waals surface area (Å²) in [6.45, 7) is 3.39. The van der Waals surface area contributed by atoms with Gasteiger partial charge in [-0.05, 0) is 32.4 Å². The molecule has 104 valence electrons. The first-order valence-corrected chi connectivity index (χ1v) is 7.76. The highest BCUT2D eigenvalue weighted by atomic mass is 32.2. The summed E-state index contributed by atoms with van der Waals surface area (Å²) in [5.74, 6) is -0.565. The van der Waals surface area contributed by atoms with Gasteiger partial charge in [0.1, 0.15) is 5.56 Å². The molecule has 0 aromatic carbocycles. The molecule has 0 aliphatic carbocycles. The maximum Gasteiger partial charge on any atom is 0.260 e. The van der Waals surface area contributed by atoms with E-state index in [9.17, 15) is 18.0 Å². The SMILES string of the molecule is Cc1ccc(C(=O)N[C@]2(C)CCS(=O)(=O)C2)c(=O)[nH]1. The molecule has 2 N–H and O–H groups in total.